The van der Waals surface area contributed by atoms with Gasteiger partial charge in [-0.3, -0.25) is 0 Å². The molecular weight excluding hydrogens is 291 g/mol. The molecule has 7 heteroatoms. The van der Waals surface area contributed by atoms with E-state index in [1.165, 1.54) is 19.2 Å². The van der Waals surface area contributed by atoms with Gasteiger partial charge in [-0.25, -0.2) is 9.37 Å². The first-order chi connectivity index (χ1) is 10.1. The summed E-state index contributed by atoms with van der Waals surface area (Å²) in [5, 5.41) is 4.00. The molecule has 1 aromatic carbocycles. The number of aromatic nitrogens is 2. The smallest absolute Gasteiger partial charge is 0.223 e. The van der Waals surface area contributed by atoms with Crippen LogP contribution in [0.1, 0.15) is 4.88 Å². The summed E-state index contributed by atoms with van der Waals surface area (Å²) in [6, 6.07) is 6.24. The topological polar surface area (TPSA) is 73.1 Å². The fourth-order valence-corrected chi connectivity index (χ4v) is 2.94. The van der Waals surface area contributed by atoms with Crippen LogP contribution in [0.2, 0.25) is 0 Å². The molecule has 0 saturated carbocycles. The molecule has 108 valence electrons. The number of nitrogen functional groups attached to an aromatic ring is 1. The van der Waals surface area contributed by atoms with Gasteiger partial charge in [0.05, 0.1) is 18.2 Å². The average Bonchev–Trinajstić information content (AvgIpc) is 2.81. The van der Waals surface area contributed by atoms with Crippen LogP contribution in [0.25, 0.3) is 10.2 Å². The van der Waals surface area contributed by atoms with E-state index < -0.39 is 0 Å². The van der Waals surface area contributed by atoms with E-state index in [-0.39, 0.29) is 11.8 Å². The third kappa shape index (κ3) is 2.59. The van der Waals surface area contributed by atoms with Gasteiger partial charge in [-0.15, -0.1) is 11.3 Å². The molecule has 0 amide bonds. The molecule has 21 heavy (non-hydrogen) atoms. The molecule has 0 atom stereocenters. The van der Waals surface area contributed by atoms with Crippen LogP contribution in [0.5, 0.6) is 5.75 Å². The van der Waals surface area contributed by atoms with E-state index in [1.54, 1.807) is 17.4 Å². The largest absolute Gasteiger partial charge is 0.494 e. The second kappa shape index (κ2) is 5.17. The van der Waals surface area contributed by atoms with Crippen LogP contribution in [-0.2, 0) is 0 Å². The van der Waals surface area contributed by atoms with Gasteiger partial charge in [0.25, 0.3) is 0 Å². The predicted molar refractivity (Wildman–Crippen MR) is 82.8 cm³/mol. The molecule has 0 spiro atoms. The van der Waals surface area contributed by atoms with Crippen LogP contribution in [-0.4, -0.2) is 17.1 Å². The summed E-state index contributed by atoms with van der Waals surface area (Å²) in [6.45, 7) is 1.99. The highest BCUT2D eigenvalue weighted by Crippen LogP contribution is 2.33. The lowest BCUT2D eigenvalue weighted by Gasteiger charge is -2.11. The second-order valence-corrected chi connectivity index (χ2v) is 5.71. The van der Waals surface area contributed by atoms with E-state index in [1.807, 2.05) is 13.0 Å². The molecule has 0 radical (unpaired) electrons. The van der Waals surface area contributed by atoms with Gasteiger partial charge < -0.3 is 15.8 Å². The van der Waals surface area contributed by atoms with Crippen molar-refractivity contribution in [1.29, 1.82) is 0 Å². The Kier molecular flexibility index (Phi) is 3.34. The Morgan fingerprint density at radius 1 is 1.29 bits per heavy atom. The van der Waals surface area contributed by atoms with Crippen molar-refractivity contribution in [3.05, 3.63) is 35.0 Å². The zero-order valence-electron chi connectivity index (χ0n) is 11.5. The summed E-state index contributed by atoms with van der Waals surface area (Å²) in [6.07, 6.45) is 0. The highest BCUT2D eigenvalue weighted by molar-refractivity contribution is 7.18. The van der Waals surface area contributed by atoms with Gasteiger partial charge in [0.2, 0.25) is 5.95 Å². The molecule has 5 nitrogen and oxygen atoms in total. The molecular formula is C14H13FN4OS. The molecule has 0 aliphatic rings. The summed E-state index contributed by atoms with van der Waals surface area (Å²) < 4.78 is 18.4. The van der Waals surface area contributed by atoms with Crippen molar-refractivity contribution in [2.45, 2.75) is 6.92 Å². The maximum absolute atomic E-state index is 13.2. The molecule has 0 saturated heterocycles. The van der Waals surface area contributed by atoms with Crippen molar-refractivity contribution in [3.8, 4) is 5.75 Å². The van der Waals surface area contributed by atoms with E-state index in [2.05, 4.69) is 15.3 Å². The Labute approximate surface area is 124 Å². The Hall–Kier alpha value is -2.41. The van der Waals surface area contributed by atoms with Gasteiger partial charge in [0.15, 0.2) is 0 Å². The molecule has 3 rings (SSSR count). The predicted octanol–water partition coefficient (Wildman–Crippen LogP) is 3.47. The molecule has 0 aliphatic heterocycles. The summed E-state index contributed by atoms with van der Waals surface area (Å²) in [7, 11) is 1.48. The summed E-state index contributed by atoms with van der Waals surface area (Å²) in [5.41, 5.74) is 6.35. The quantitative estimate of drug-likeness (QED) is 0.775. The third-order valence-electron chi connectivity index (χ3n) is 2.95. The highest BCUT2D eigenvalue weighted by atomic mass is 32.1. The lowest BCUT2D eigenvalue weighted by molar-refractivity contribution is 0.413. The fourth-order valence-electron chi connectivity index (χ4n) is 2.05. The second-order valence-electron chi connectivity index (χ2n) is 4.48. The van der Waals surface area contributed by atoms with Crippen LogP contribution in [0.4, 0.5) is 21.8 Å². The molecule has 2 heterocycles. The Bertz CT molecular complexity index is 818. The molecule has 0 bridgehead atoms. The van der Waals surface area contributed by atoms with Crippen LogP contribution in [0, 0.1) is 12.7 Å². The van der Waals surface area contributed by atoms with E-state index in [0.29, 0.717) is 17.3 Å². The van der Waals surface area contributed by atoms with Gasteiger partial charge in [0, 0.05) is 10.9 Å². The maximum Gasteiger partial charge on any atom is 0.223 e. The number of hydrogen-bond acceptors (Lipinski definition) is 6. The lowest BCUT2D eigenvalue weighted by Crippen LogP contribution is -2.01. The summed E-state index contributed by atoms with van der Waals surface area (Å²) in [4.78, 5) is 10.3. The number of methoxy groups -OCH3 is 1. The van der Waals surface area contributed by atoms with Gasteiger partial charge >= 0.3 is 0 Å². The fraction of sp³-hybridized carbons (Fsp3) is 0.143. The first-order valence-electron chi connectivity index (χ1n) is 6.21. The summed E-state index contributed by atoms with van der Waals surface area (Å²) >= 11 is 1.54. The number of benzene rings is 1. The number of hydrogen-bond donors (Lipinski definition) is 2. The van der Waals surface area contributed by atoms with E-state index in [0.717, 1.165) is 15.1 Å². The molecule has 2 aromatic heterocycles. The van der Waals surface area contributed by atoms with Crippen LogP contribution in [0.15, 0.2) is 24.3 Å². The highest BCUT2D eigenvalue weighted by Gasteiger charge is 2.12. The number of aryl methyl sites for hydroxylation is 1. The zero-order valence-corrected chi connectivity index (χ0v) is 12.3. The number of fused-ring (bicyclic) bond motifs is 1. The third-order valence-corrected chi connectivity index (χ3v) is 3.89. The van der Waals surface area contributed by atoms with Crippen molar-refractivity contribution in [2.75, 3.05) is 18.2 Å². The van der Waals surface area contributed by atoms with Gasteiger partial charge in [-0.2, -0.15) is 4.98 Å². The standard InChI is InChI=1S/C14H13FN4OS/c1-7-5-9-12(18-14(16)19-13(9)21-7)17-10-4-3-8(15)6-11(10)20-2/h3-6H,1-2H3,(H3,16,17,18,19). The molecule has 3 N–H and O–H groups in total. The van der Waals surface area contributed by atoms with Crippen LogP contribution in [0.3, 0.4) is 0 Å². The number of halogens is 1. The van der Waals surface area contributed by atoms with Crippen molar-refractivity contribution < 1.29 is 9.13 Å². The number of nitrogens with two attached hydrogens (primary N) is 1. The van der Waals surface area contributed by atoms with Gasteiger partial charge in [-0.1, -0.05) is 0 Å². The van der Waals surface area contributed by atoms with Crippen LogP contribution >= 0.6 is 11.3 Å². The Morgan fingerprint density at radius 3 is 2.86 bits per heavy atom. The van der Waals surface area contributed by atoms with E-state index in [4.69, 9.17) is 10.5 Å². The van der Waals surface area contributed by atoms with Crippen molar-refractivity contribution >= 4 is 39.0 Å². The Morgan fingerprint density at radius 2 is 2.10 bits per heavy atom. The molecule has 0 unspecified atom stereocenters. The lowest BCUT2D eigenvalue weighted by atomic mass is 10.2. The number of nitrogens with zero attached hydrogens (tertiary/aromatic N) is 2. The average molecular weight is 304 g/mol. The van der Waals surface area contributed by atoms with Crippen molar-refractivity contribution in [1.82, 2.24) is 9.97 Å². The van der Waals surface area contributed by atoms with Crippen LogP contribution < -0.4 is 15.8 Å². The molecule has 0 fully saturated rings. The Balaban J connectivity index is 2.09. The number of rotatable bonds is 3. The first-order valence-corrected chi connectivity index (χ1v) is 7.02. The number of ether oxygens (including phenoxy) is 1. The van der Waals surface area contributed by atoms with Gasteiger partial charge in [0.1, 0.15) is 22.2 Å². The minimum absolute atomic E-state index is 0.188. The molecule has 0 aliphatic carbocycles. The molecule has 3 aromatic rings. The normalized spacial score (nSPS) is 10.8. The van der Waals surface area contributed by atoms with Crippen molar-refractivity contribution in [2.24, 2.45) is 0 Å². The van der Waals surface area contributed by atoms with Crippen molar-refractivity contribution in [3.63, 3.8) is 0 Å². The van der Waals surface area contributed by atoms with E-state index >= 15 is 0 Å². The summed E-state index contributed by atoms with van der Waals surface area (Å²) in [5.74, 6) is 0.795. The van der Waals surface area contributed by atoms with E-state index in [9.17, 15) is 4.39 Å². The van der Waals surface area contributed by atoms with Gasteiger partial charge in [-0.05, 0) is 25.1 Å². The minimum atomic E-state index is -0.365. The number of anilines is 3. The first kappa shape index (κ1) is 13.6. The zero-order chi connectivity index (χ0) is 15.0. The number of nitrogens with one attached hydrogen (secondary N) is 1. The SMILES string of the molecule is COc1cc(F)ccc1Nc1nc(N)nc2sc(C)cc12. The number of thiophene rings is 1. The minimum Gasteiger partial charge on any atom is -0.494 e. The monoisotopic (exact) mass is 304 g/mol. The maximum atomic E-state index is 13.2.